The fourth-order valence-electron chi connectivity index (χ4n) is 3.60. The second-order valence-electron chi connectivity index (χ2n) is 8.28. The minimum absolute atomic E-state index is 0.193. The highest BCUT2D eigenvalue weighted by atomic mass is 16.7. The standard InChI is InChI=1S/C28H38O4/c1-12-21(9)22(10)25(17(2)3)27(23-14-13-20(8)15-24(23)30-11)26(18(4)5)28(29)32-16-31-19(6)7/h12-15,27H,2,6,16H2,1,3-5,7-11H3/b21-12-,25-22+. The summed E-state index contributed by atoms with van der Waals surface area (Å²) >= 11 is 0. The van der Waals surface area contributed by atoms with Gasteiger partial charge in [0, 0.05) is 17.1 Å². The van der Waals surface area contributed by atoms with Gasteiger partial charge in [0.05, 0.1) is 12.9 Å². The van der Waals surface area contributed by atoms with E-state index in [0.717, 1.165) is 39.0 Å². The number of methoxy groups -OCH3 is 1. The molecule has 0 saturated carbocycles. The summed E-state index contributed by atoms with van der Waals surface area (Å²) in [5.41, 5.74) is 7.37. The van der Waals surface area contributed by atoms with Gasteiger partial charge in [-0.25, -0.2) is 4.79 Å². The van der Waals surface area contributed by atoms with Crippen LogP contribution in [0.4, 0.5) is 0 Å². The fraction of sp³-hybridized carbons (Fsp3) is 0.393. The summed E-state index contributed by atoms with van der Waals surface area (Å²) in [6.45, 7) is 23.4. The van der Waals surface area contributed by atoms with Crippen molar-refractivity contribution in [1.82, 2.24) is 0 Å². The zero-order chi connectivity index (χ0) is 24.6. The number of esters is 1. The lowest BCUT2D eigenvalue weighted by molar-refractivity contribution is -0.148. The van der Waals surface area contributed by atoms with Crippen molar-refractivity contribution < 1.29 is 19.0 Å². The van der Waals surface area contributed by atoms with Crippen LogP contribution in [-0.4, -0.2) is 19.9 Å². The van der Waals surface area contributed by atoms with Crippen LogP contribution in [0.3, 0.4) is 0 Å². The maximum Gasteiger partial charge on any atom is 0.337 e. The molecule has 0 N–H and O–H groups in total. The first-order chi connectivity index (χ1) is 15.0. The van der Waals surface area contributed by atoms with Gasteiger partial charge in [0.25, 0.3) is 0 Å². The van der Waals surface area contributed by atoms with Gasteiger partial charge < -0.3 is 14.2 Å². The molecule has 0 heterocycles. The lowest BCUT2D eigenvalue weighted by Gasteiger charge is -2.28. The monoisotopic (exact) mass is 438 g/mol. The van der Waals surface area contributed by atoms with Crippen molar-refractivity contribution >= 4 is 5.97 Å². The highest BCUT2D eigenvalue weighted by molar-refractivity contribution is 5.92. The summed E-state index contributed by atoms with van der Waals surface area (Å²) in [6.07, 6.45) is 2.06. The van der Waals surface area contributed by atoms with Gasteiger partial charge in [-0.1, -0.05) is 48.1 Å². The second kappa shape index (κ2) is 12.1. The molecule has 0 radical (unpaired) electrons. The molecule has 1 unspecified atom stereocenters. The zero-order valence-corrected chi connectivity index (χ0v) is 21.1. The summed E-state index contributed by atoms with van der Waals surface area (Å²) in [5, 5.41) is 0. The molecule has 0 aliphatic heterocycles. The third-order valence-corrected chi connectivity index (χ3v) is 5.42. The molecule has 0 amide bonds. The van der Waals surface area contributed by atoms with E-state index in [-0.39, 0.29) is 6.79 Å². The van der Waals surface area contributed by atoms with Crippen molar-refractivity contribution in [3.8, 4) is 5.75 Å². The van der Waals surface area contributed by atoms with E-state index in [9.17, 15) is 4.79 Å². The quantitative estimate of drug-likeness (QED) is 0.126. The Bertz CT molecular complexity index is 969. The lowest BCUT2D eigenvalue weighted by atomic mass is 9.76. The summed E-state index contributed by atoms with van der Waals surface area (Å²) in [6, 6.07) is 6.02. The Labute approximate surface area is 194 Å². The van der Waals surface area contributed by atoms with Crippen molar-refractivity contribution in [3.05, 3.63) is 87.8 Å². The van der Waals surface area contributed by atoms with Crippen LogP contribution in [0.25, 0.3) is 0 Å². The molecular weight excluding hydrogens is 400 g/mol. The summed E-state index contributed by atoms with van der Waals surface area (Å²) in [7, 11) is 1.64. The van der Waals surface area contributed by atoms with Crippen LogP contribution in [0.2, 0.25) is 0 Å². The SMILES string of the molecule is C=C(C)OCOC(=O)C(=C(C)C)C(/C(C(=C)C)=C(C)/C(C)=C\C)c1ccc(C)cc1OC. The number of aryl methyl sites for hydroxylation is 1. The first-order valence-corrected chi connectivity index (χ1v) is 10.7. The highest BCUT2D eigenvalue weighted by Gasteiger charge is 2.32. The Morgan fingerprint density at radius 3 is 2.12 bits per heavy atom. The first-order valence-electron chi connectivity index (χ1n) is 10.7. The van der Waals surface area contributed by atoms with Gasteiger partial charge >= 0.3 is 5.97 Å². The van der Waals surface area contributed by atoms with Gasteiger partial charge in [-0.3, -0.25) is 0 Å². The van der Waals surface area contributed by atoms with E-state index < -0.39 is 11.9 Å². The average molecular weight is 439 g/mol. The minimum atomic E-state index is -0.441. The highest BCUT2D eigenvalue weighted by Crippen LogP contribution is 2.44. The first kappa shape index (κ1) is 27.0. The minimum Gasteiger partial charge on any atom is -0.496 e. The summed E-state index contributed by atoms with van der Waals surface area (Å²) < 4.78 is 16.5. The van der Waals surface area contributed by atoms with E-state index in [0.29, 0.717) is 17.1 Å². The molecule has 174 valence electrons. The molecule has 0 aromatic heterocycles. The normalized spacial score (nSPS) is 13.0. The van der Waals surface area contributed by atoms with Crippen LogP contribution in [0.15, 0.2) is 76.6 Å². The van der Waals surface area contributed by atoms with Crippen LogP contribution < -0.4 is 4.74 Å². The smallest absolute Gasteiger partial charge is 0.337 e. The Kier molecular flexibility index (Phi) is 10.2. The molecule has 1 aromatic rings. The zero-order valence-electron chi connectivity index (χ0n) is 21.1. The third-order valence-electron chi connectivity index (χ3n) is 5.42. The number of allylic oxidation sites excluding steroid dienone is 7. The van der Waals surface area contributed by atoms with E-state index in [1.165, 1.54) is 0 Å². The predicted octanol–water partition coefficient (Wildman–Crippen LogP) is 7.33. The molecule has 0 fully saturated rings. The Morgan fingerprint density at radius 2 is 1.66 bits per heavy atom. The van der Waals surface area contributed by atoms with Crippen LogP contribution in [0.1, 0.15) is 65.5 Å². The van der Waals surface area contributed by atoms with Crippen molar-refractivity contribution in [1.29, 1.82) is 0 Å². The molecule has 1 atom stereocenters. The van der Waals surface area contributed by atoms with E-state index >= 15 is 0 Å². The van der Waals surface area contributed by atoms with Crippen LogP contribution in [-0.2, 0) is 14.3 Å². The largest absolute Gasteiger partial charge is 0.496 e. The van der Waals surface area contributed by atoms with Gasteiger partial charge in [-0.15, -0.1) is 0 Å². The van der Waals surface area contributed by atoms with Gasteiger partial charge in [0.15, 0.2) is 0 Å². The number of rotatable bonds is 10. The molecule has 4 nitrogen and oxygen atoms in total. The van der Waals surface area contributed by atoms with E-state index in [1.807, 2.05) is 52.8 Å². The number of carbonyl (C=O) groups excluding carboxylic acids is 1. The topological polar surface area (TPSA) is 44.8 Å². The summed E-state index contributed by atoms with van der Waals surface area (Å²) in [5.74, 6) is 0.337. The number of hydrogen-bond acceptors (Lipinski definition) is 4. The van der Waals surface area contributed by atoms with Gasteiger partial charge in [-0.2, -0.15) is 0 Å². The van der Waals surface area contributed by atoms with Gasteiger partial charge in [0.1, 0.15) is 5.75 Å². The van der Waals surface area contributed by atoms with E-state index in [4.69, 9.17) is 14.2 Å². The molecule has 0 aliphatic rings. The maximum absolute atomic E-state index is 13.3. The predicted molar refractivity (Wildman–Crippen MR) is 133 cm³/mol. The number of hydrogen-bond donors (Lipinski definition) is 0. The molecule has 1 aromatic carbocycles. The molecule has 0 spiro atoms. The van der Waals surface area contributed by atoms with Crippen LogP contribution in [0.5, 0.6) is 5.75 Å². The van der Waals surface area contributed by atoms with Gasteiger partial charge in [-0.05, 0) is 78.2 Å². The van der Waals surface area contributed by atoms with Crippen molar-refractivity contribution in [3.63, 3.8) is 0 Å². The molecule has 1 rings (SSSR count). The molecule has 32 heavy (non-hydrogen) atoms. The van der Waals surface area contributed by atoms with Crippen molar-refractivity contribution in [2.75, 3.05) is 13.9 Å². The number of ether oxygens (including phenoxy) is 3. The molecule has 4 heteroatoms. The Hall–Kier alpha value is -3.01. The number of carbonyl (C=O) groups is 1. The number of benzene rings is 1. The van der Waals surface area contributed by atoms with Gasteiger partial charge in [0.2, 0.25) is 6.79 Å². The lowest BCUT2D eigenvalue weighted by Crippen LogP contribution is -2.21. The fourth-order valence-corrected chi connectivity index (χ4v) is 3.60. The molecule has 0 bridgehead atoms. The molecule has 0 saturated heterocycles. The third kappa shape index (κ3) is 6.74. The van der Waals surface area contributed by atoms with E-state index in [2.05, 4.69) is 33.1 Å². The Balaban J connectivity index is 3.90. The van der Waals surface area contributed by atoms with Crippen molar-refractivity contribution in [2.45, 2.75) is 61.3 Å². The van der Waals surface area contributed by atoms with Crippen LogP contribution >= 0.6 is 0 Å². The van der Waals surface area contributed by atoms with Crippen LogP contribution in [0, 0.1) is 6.92 Å². The average Bonchev–Trinajstić information content (AvgIpc) is 2.71. The molecule has 0 aliphatic carbocycles. The maximum atomic E-state index is 13.3. The molecular formula is C28H38O4. The Morgan fingerprint density at radius 1 is 1.03 bits per heavy atom. The second-order valence-corrected chi connectivity index (χ2v) is 8.28. The van der Waals surface area contributed by atoms with E-state index in [1.54, 1.807) is 14.0 Å². The van der Waals surface area contributed by atoms with Crippen molar-refractivity contribution in [2.24, 2.45) is 0 Å². The summed E-state index contributed by atoms with van der Waals surface area (Å²) in [4.78, 5) is 13.3.